The fourth-order valence-corrected chi connectivity index (χ4v) is 3.22. The number of nitrogens with one attached hydrogen (secondary N) is 2. The third kappa shape index (κ3) is 5.22. The molecule has 150 valence electrons. The lowest BCUT2D eigenvalue weighted by molar-refractivity contribution is -0.115. The third-order valence-corrected chi connectivity index (χ3v) is 4.64. The van der Waals surface area contributed by atoms with Crippen molar-refractivity contribution >= 4 is 17.5 Å². The normalized spacial score (nSPS) is 10.6. The van der Waals surface area contributed by atoms with Crippen LogP contribution in [0.25, 0.3) is 0 Å². The topological polar surface area (TPSA) is 110 Å². The molecule has 0 saturated heterocycles. The van der Waals surface area contributed by atoms with Gasteiger partial charge in [-0.3, -0.25) is 14.7 Å². The molecule has 0 fully saturated rings. The van der Waals surface area contributed by atoms with Crippen molar-refractivity contribution in [2.24, 2.45) is 5.73 Å². The van der Waals surface area contributed by atoms with Gasteiger partial charge in [-0.1, -0.05) is 29.8 Å². The minimum absolute atomic E-state index is 0.114. The number of amides is 2. The first-order valence-corrected chi connectivity index (χ1v) is 9.30. The lowest BCUT2D eigenvalue weighted by atomic mass is 10.0. The van der Waals surface area contributed by atoms with Crippen molar-refractivity contribution in [2.75, 3.05) is 12.4 Å². The Morgan fingerprint density at radius 3 is 2.72 bits per heavy atom. The number of aromatic amines is 1. The molecular weight excluding hydrogens is 368 g/mol. The van der Waals surface area contributed by atoms with Gasteiger partial charge in [0.1, 0.15) is 11.4 Å². The number of ether oxygens (including phenoxy) is 1. The number of hydrogen-bond donors (Lipinski definition) is 3. The second kappa shape index (κ2) is 9.05. The van der Waals surface area contributed by atoms with Crippen LogP contribution in [-0.4, -0.2) is 29.1 Å². The molecule has 0 atom stereocenters. The van der Waals surface area contributed by atoms with Crippen LogP contribution in [0.5, 0.6) is 5.75 Å². The summed E-state index contributed by atoms with van der Waals surface area (Å²) in [5, 5.41) is 9.44. The predicted octanol–water partition coefficient (Wildman–Crippen LogP) is 2.79. The van der Waals surface area contributed by atoms with Crippen molar-refractivity contribution in [3.63, 3.8) is 0 Å². The van der Waals surface area contributed by atoms with Crippen LogP contribution < -0.4 is 15.8 Å². The lowest BCUT2D eigenvalue weighted by Crippen LogP contribution is -2.15. The molecule has 0 aliphatic rings. The summed E-state index contributed by atoms with van der Waals surface area (Å²) in [6.07, 6.45) is 3.15. The van der Waals surface area contributed by atoms with E-state index in [2.05, 4.69) is 15.5 Å². The van der Waals surface area contributed by atoms with Crippen LogP contribution in [0.2, 0.25) is 0 Å². The van der Waals surface area contributed by atoms with Crippen LogP contribution in [0.3, 0.4) is 0 Å². The number of rotatable bonds is 8. The van der Waals surface area contributed by atoms with Gasteiger partial charge in [-0.15, -0.1) is 0 Å². The van der Waals surface area contributed by atoms with Gasteiger partial charge in [0.2, 0.25) is 5.91 Å². The number of anilines is 1. The van der Waals surface area contributed by atoms with Crippen molar-refractivity contribution in [1.29, 1.82) is 0 Å². The number of H-pyrrole nitrogens is 1. The SMILES string of the molecule is COc1ccc(C)cc1CC(=O)Nc1cccc(CCc2cn[nH]c2C(N)=O)c1. The summed E-state index contributed by atoms with van der Waals surface area (Å²) >= 11 is 0. The predicted molar refractivity (Wildman–Crippen MR) is 111 cm³/mol. The maximum Gasteiger partial charge on any atom is 0.266 e. The van der Waals surface area contributed by atoms with Crippen molar-refractivity contribution < 1.29 is 14.3 Å². The maximum atomic E-state index is 12.5. The zero-order valence-corrected chi connectivity index (χ0v) is 16.5. The molecule has 7 nitrogen and oxygen atoms in total. The highest BCUT2D eigenvalue weighted by Gasteiger charge is 2.12. The number of carbonyl (C=O) groups excluding carboxylic acids is 2. The Hall–Kier alpha value is -3.61. The van der Waals surface area contributed by atoms with Crippen LogP contribution in [0, 0.1) is 6.92 Å². The first-order chi connectivity index (χ1) is 14.0. The van der Waals surface area contributed by atoms with Crippen molar-refractivity contribution in [1.82, 2.24) is 10.2 Å². The molecule has 4 N–H and O–H groups in total. The summed E-state index contributed by atoms with van der Waals surface area (Å²) in [6, 6.07) is 13.4. The highest BCUT2D eigenvalue weighted by molar-refractivity contribution is 5.93. The van der Waals surface area contributed by atoms with Crippen molar-refractivity contribution in [3.8, 4) is 5.75 Å². The summed E-state index contributed by atoms with van der Waals surface area (Å²) in [4.78, 5) is 23.9. The molecule has 3 aromatic rings. The average molecular weight is 392 g/mol. The van der Waals surface area contributed by atoms with E-state index in [4.69, 9.17) is 10.5 Å². The van der Waals surface area contributed by atoms with Gasteiger partial charge in [-0.05, 0) is 43.5 Å². The second-order valence-corrected chi connectivity index (χ2v) is 6.88. The highest BCUT2D eigenvalue weighted by atomic mass is 16.5. The van der Waals surface area contributed by atoms with Gasteiger partial charge >= 0.3 is 0 Å². The van der Waals surface area contributed by atoms with Gasteiger partial charge in [0.05, 0.1) is 19.7 Å². The van der Waals surface area contributed by atoms with E-state index in [-0.39, 0.29) is 12.3 Å². The van der Waals surface area contributed by atoms with Gasteiger partial charge < -0.3 is 15.8 Å². The molecule has 1 heterocycles. The Labute approximate surface area is 169 Å². The molecule has 0 aliphatic heterocycles. The molecule has 0 bridgehead atoms. The Balaban J connectivity index is 1.64. The first-order valence-electron chi connectivity index (χ1n) is 9.30. The molecule has 0 spiro atoms. The van der Waals surface area contributed by atoms with E-state index in [9.17, 15) is 9.59 Å². The van der Waals surface area contributed by atoms with E-state index >= 15 is 0 Å². The van der Waals surface area contributed by atoms with Gasteiger partial charge in [0.15, 0.2) is 0 Å². The third-order valence-electron chi connectivity index (χ3n) is 4.64. The molecule has 1 aromatic heterocycles. The Bertz CT molecular complexity index is 1030. The Morgan fingerprint density at radius 2 is 1.97 bits per heavy atom. The number of aromatic nitrogens is 2. The number of hydrogen-bond acceptors (Lipinski definition) is 4. The maximum absolute atomic E-state index is 12.5. The number of benzene rings is 2. The number of carbonyl (C=O) groups is 2. The molecule has 29 heavy (non-hydrogen) atoms. The minimum atomic E-state index is -0.523. The van der Waals surface area contributed by atoms with E-state index in [1.807, 2.05) is 49.4 Å². The van der Waals surface area contributed by atoms with Gasteiger partial charge in [0.25, 0.3) is 5.91 Å². The number of primary amides is 1. The van der Waals surface area contributed by atoms with E-state index < -0.39 is 5.91 Å². The smallest absolute Gasteiger partial charge is 0.266 e. The fraction of sp³-hybridized carbons (Fsp3) is 0.227. The van der Waals surface area contributed by atoms with Gasteiger partial charge in [0, 0.05) is 16.8 Å². The van der Waals surface area contributed by atoms with Crippen molar-refractivity contribution in [2.45, 2.75) is 26.2 Å². The van der Waals surface area contributed by atoms with Gasteiger partial charge in [-0.2, -0.15) is 5.10 Å². The summed E-state index contributed by atoms with van der Waals surface area (Å²) in [6.45, 7) is 1.98. The van der Waals surface area contributed by atoms with Crippen LogP contribution in [-0.2, 0) is 24.1 Å². The van der Waals surface area contributed by atoms with E-state index in [0.717, 1.165) is 27.9 Å². The molecule has 0 saturated carbocycles. The second-order valence-electron chi connectivity index (χ2n) is 6.88. The van der Waals surface area contributed by atoms with E-state index in [1.54, 1.807) is 13.3 Å². The Kier molecular flexibility index (Phi) is 6.29. The summed E-state index contributed by atoms with van der Waals surface area (Å²) in [7, 11) is 1.60. The van der Waals surface area contributed by atoms with Crippen LogP contribution in [0.1, 0.15) is 32.7 Å². The van der Waals surface area contributed by atoms with Crippen LogP contribution in [0.15, 0.2) is 48.7 Å². The minimum Gasteiger partial charge on any atom is -0.496 e. The number of nitrogens with zero attached hydrogens (tertiary/aromatic N) is 1. The summed E-state index contributed by atoms with van der Waals surface area (Å²) in [5.41, 5.74) is 10.1. The molecular formula is C22H24N4O3. The van der Waals surface area contributed by atoms with Gasteiger partial charge in [-0.25, -0.2) is 0 Å². The number of nitrogens with two attached hydrogens (primary N) is 1. The van der Waals surface area contributed by atoms with E-state index in [1.165, 1.54) is 0 Å². The highest BCUT2D eigenvalue weighted by Crippen LogP contribution is 2.21. The Morgan fingerprint density at radius 1 is 1.14 bits per heavy atom. The first kappa shape index (κ1) is 20.1. The molecule has 0 unspecified atom stereocenters. The standard InChI is InChI=1S/C22H24N4O3/c1-14-6-9-19(29-2)17(10-14)12-20(27)25-18-5-3-4-15(11-18)7-8-16-13-24-26-21(16)22(23)28/h3-6,9-11,13H,7-8,12H2,1-2H3,(H2,23,28)(H,24,26)(H,25,27). The van der Waals surface area contributed by atoms with Crippen LogP contribution in [0.4, 0.5) is 5.69 Å². The fourth-order valence-electron chi connectivity index (χ4n) is 3.22. The molecule has 7 heteroatoms. The quantitative estimate of drug-likeness (QED) is 0.547. The molecule has 0 aliphatic carbocycles. The van der Waals surface area contributed by atoms with Crippen molar-refractivity contribution in [3.05, 3.63) is 76.6 Å². The van der Waals surface area contributed by atoms with Crippen LogP contribution >= 0.6 is 0 Å². The molecule has 3 rings (SSSR count). The number of methoxy groups -OCH3 is 1. The zero-order chi connectivity index (χ0) is 20.8. The average Bonchev–Trinajstić information content (AvgIpc) is 3.16. The summed E-state index contributed by atoms with van der Waals surface area (Å²) < 4.78 is 5.34. The zero-order valence-electron chi connectivity index (χ0n) is 16.5. The lowest BCUT2D eigenvalue weighted by Gasteiger charge is -2.11. The number of aryl methyl sites for hydroxylation is 3. The van der Waals surface area contributed by atoms with E-state index in [0.29, 0.717) is 24.3 Å². The molecule has 2 amide bonds. The monoisotopic (exact) mass is 392 g/mol. The summed E-state index contributed by atoms with van der Waals surface area (Å²) in [5.74, 6) is 0.0619. The molecule has 2 aromatic carbocycles. The largest absolute Gasteiger partial charge is 0.496 e. The molecule has 0 radical (unpaired) electrons.